The first kappa shape index (κ1) is 19.8. The monoisotopic (exact) mass is 372 g/mol. The average molecular weight is 373 g/mol. The molecule has 0 spiro atoms. The first-order valence-electron chi connectivity index (χ1n) is 10.3. The Labute approximate surface area is 162 Å². The number of carbonyl (C=O) groups excluding carboxylic acids is 2. The number of aryl methyl sites for hydroxylation is 2. The molecule has 0 unspecified atom stereocenters. The summed E-state index contributed by atoms with van der Waals surface area (Å²) in [5.41, 5.74) is 2.76. The van der Waals surface area contributed by atoms with Crippen molar-refractivity contribution in [3.8, 4) is 0 Å². The van der Waals surface area contributed by atoms with Crippen LogP contribution in [-0.2, 0) is 16.0 Å². The number of amides is 2. The fourth-order valence-corrected chi connectivity index (χ4v) is 4.19. The fourth-order valence-electron chi connectivity index (χ4n) is 4.19. The van der Waals surface area contributed by atoms with Crippen LogP contribution in [0.2, 0.25) is 0 Å². The van der Waals surface area contributed by atoms with Crippen LogP contribution < -0.4 is 0 Å². The summed E-state index contributed by atoms with van der Waals surface area (Å²) in [6, 6.07) is 0. The van der Waals surface area contributed by atoms with Gasteiger partial charge in [0.1, 0.15) is 5.82 Å². The molecule has 148 valence electrons. The van der Waals surface area contributed by atoms with Gasteiger partial charge in [0.15, 0.2) is 0 Å². The first-order valence-corrected chi connectivity index (χ1v) is 10.3. The van der Waals surface area contributed by atoms with Crippen molar-refractivity contribution in [3.63, 3.8) is 0 Å². The van der Waals surface area contributed by atoms with E-state index < -0.39 is 0 Å². The first-order chi connectivity index (χ1) is 12.9. The Morgan fingerprint density at radius 3 is 2.19 bits per heavy atom. The van der Waals surface area contributed by atoms with Crippen molar-refractivity contribution >= 4 is 11.8 Å². The van der Waals surface area contributed by atoms with Crippen LogP contribution in [0, 0.1) is 19.8 Å². The van der Waals surface area contributed by atoms with Gasteiger partial charge in [-0.2, -0.15) is 0 Å². The Balaban J connectivity index is 1.73. The zero-order chi connectivity index (χ0) is 19.6. The highest BCUT2D eigenvalue weighted by Crippen LogP contribution is 2.27. The number of rotatable bonds is 4. The summed E-state index contributed by atoms with van der Waals surface area (Å²) in [5, 5.41) is 0. The van der Waals surface area contributed by atoms with Crippen LogP contribution >= 0.6 is 0 Å². The molecule has 0 bridgehead atoms. The van der Waals surface area contributed by atoms with Crippen LogP contribution in [0.4, 0.5) is 0 Å². The van der Waals surface area contributed by atoms with Gasteiger partial charge in [0.25, 0.3) is 0 Å². The van der Waals surface area contributed by atoms with Gasteiger partial charge in [-0.1, -0.05) is 13.8 Å². The van der Waals surface area contributed by atoms with Crippen LogP contribution in [0.1, 0.15) is 68.2 Å². The smallest absolute Gasteiger partial charge is 0.227 e. The summed E-state index contributed by atoms with van der Waals surface area (Å²) < 4.78 is 0. The molecule has 3 rings (SSSR count). The van der Waals surface area contributed by atoms with Crippen molar-refractivity contribution in [3.05, 3.63) is 22.8 Å². The maximum Gasteiger partial charge on any atom is 0.227 e. The summed E-state index contributed by atoms with van der Waals surface area (Å²) in [6.45, 7) is 11.1. The van der Waals surface area contributed by atoms with Gasteiger partial charge >= 0.3 is 0 Å². The van der Waals surface area contributed by atoms with Gasteiger partial charge in [0.05, 0.1) is 6.42 Å². The molecule has 6 heteroatoms. The maximum absolute atomic E-state index is 12.5. The van der Waals surface area contributed by atoms with Gasteiger partial charge in [0.2, 0.25) is 11.8 Å². The highest BCUT2D eigenvalue weighted by molar-refractivity contribution is 5.79. The van der Waals surface area contributed by atoms with E-state index in [1.165, 1.54) is 0 Å². The standard InChI is InChI=1S/C21H32N4O2/c1-14(2)21(27)25-11-7-8-17(13-25)20-22-15(3)18(16(4)23-20)12-19(26)24-9-5-6-10-24/h14,17H,5-13H2,1-4H3/t17-/m1/s1. The molecular weight excluding hydrogens is 340 g/mol. The van der Waals surface area contributed by atoms with E-state index in [9.17, 15) is 9.59 Å². The highest BCUT2D eigenvalue weighted by atomic mass is 16.2. The topological polar surface area (TPSA) is 66.4 Å². The Morgan fingerprint density at radius 1 is 1.00 bits per heavy atom. The molecule has 0 N–H and O–H groups in total. The molecule has 2 amide bonds. The van der Waals surface area contributed by atoms with Crippen molar-refractivity contribution in [2.24, 2.45) is 5.92 Å². The zero-order valence-electron chi connectivity index (χ0n) is 17.1. The van der Waals surface area contributed by atoms with E-state index in [2.05, 4.69) is 0 Å². The predicted octanol–water partition coefficient (Wildman–Crippen LogP) is 2.62. The Hall–Kier alpha value is -1.98. The van der Waals surface area contributed by atoms with Crippen molar-refractivity contribution in [2.75, 3.05) is 26.2 Å². The predicted molar refractivity (Wildman–Crippen MR) is 104 cm³/mol. The molecule has 0 aliphatic carbocycles. The van der Waals surface area contributed by atoms with Crippen LogP contribution in [0.25, 0.3) is 0 Å². The number of hydrogen-bond acceptors (Lipinski definition) is 4. The largest absolute Gasteiger partial charge is 0.342 e. The van der Waals surface area contributed by atoms with Crippen molar-refractivity contribution < 1.29 is 9.59 Å². The van der Waals surface area contributed by atoms with E-state index in [0.29, 0.717) is 13.0 Å². The lowest BCUT2D eigenvalue weighted by Crippen LogP contribution is -2.41. The lowest BCUT2D eigenvalue weighted by Gasteiger charge is -2.33. The van der Waals surface area contributed by atoms with Gasteiger partial charge in [-0.3, -0.25) is 9.59 Å². The summed E-state index contributed by atoms with van der Waals surface area (Å²) in [7, 11) is 0. The van der Waals surface area contributed by atoms with Gasteiger partial charge in [-0.05, 0) is 39.5 Å². The minimum atomic E-state index is 0.0205. The third kappa shape index (κ3) is 4.47. The van der Waals surface area contributed by atoms with Crippen LogP contribution in [0.3, 0.4) is 0 Å². The fraction of sp³-hybridized carbons (Fsp3) is 0.714. The Morgan fingerprint density at radius 2 is 1.59 bits per heavy atom. The molecule has 0 saturated carbocycles. The number of likely N-dealkylation sites (tertiary alicyclic amines) is 2. The van der Waals surface area contributed by atoms with Gasteiger partial charge in [0, 0.05) is 55.0 Å². The highest BCUT2D eigenvalue weighted by Gasteiger charge is 2.28. The molecule has 1 aromatic heterocycles. The van der Waals surface area contributed by atoms with Crippen molar-refractivity contribution in [1.82, 2.24) is 19.8 Å². The minimum Gasteiger partial charge on any atom is -0.342 e. The third-order valence-corrected chi connectivity index (χ3v) is 5.82. The molecule has 0 radical (unpaired) electrons. The molecule has 2 aliphatic heterocycles. The number of nitrogens with zero attached hydrogens (tertiary/aromatic N) is 4. The lowest BCUT2D eigenvalue weighted by atomic mass is 9.95. The number of carbonyl (C=O) groups is 2. The van der Waals surface area contributed by atoms with Crippen LogP contribution in [-0.4, -0.2) is 57.8 Å². The van der Waals surface area contributed by atoms with Gasteiger partial charge < -0.3 is 9.80 Å². The molecule has 1 atom stereocenters. The lowest BCUT2D eigenvalue weighted by molar-refractivity contribution is -0.135. The molecule has 2 aliphatic rings. The summed E-state index contributed by atoms with van der Waals surface area (Å²) >= 11 is 0. The molecular formula is C21H32N4O2. The van der Waals surface area contributed by atoms with Gasteiger partial charge in [-0.25, -0.2) is 9.97 Å². The van der Waals surface area contributed by atoms with Crippen molar-refractivity contribution in [1.29, 1.82) is 0 Å². The average Bonchev–Trinajstić information content (AvgIpc) is 3.18. The zero-order valence-corrected chi connectivity index (χ0v) is 17.1. The molecule has 6 nitrogen and oxygen atoms in total. The second-order valence-electron chi connectivity index (χ2n) is 8.27. The minimum absolute atomic E-state index is 0.0205. The van der Waals surface area contributed by atoms with E-state index >= 15 is 0 Å². The molecule has 27 heavy (non-hydrogen) atoms. The van der Waals surface area contributed by atoms with Crippen LogP contribution in [0.5, 0.6) is 0 Å². The second kappa shape index (κ2) is 8.36. The third-order valence-electron chi connectivity index (χ3n) is 5.82. The quantitative estimate of drug-likeness (QED) is 0.815. The second-order valence-corrected chi connectivity index (χ2v) is 8.27. The van der Waals surface area contributed by atoms with Crippen LogP contribution in [0.15, 0.2) is 0 Å². The van der Waals surface area contributed by atoms with E-state index in [0.717, 1.165) is 68.1 Å². The molecule has 2 fully saturated rings. The molecule has 0 aromatic carbocycles. The van der Waals surface area contributed by atoms with E-state index in [1.54, 1.807) is 0 Å². The number of aromatic nitrogens is 2. The number of hydrogen-bond donors (Lipinski definition) is 0. The van der Waals surface area contributed by atoms with Gasteiger partial charge in [-0.15, -0.1) is 0 Å². The van der Waals surface area contributed by atoms with E-state index in [4.69, 9.17) is 9.97 Å². The molecule has 2 saturated heterocycles. The number of piperidine rings is 1. The summed E-state index contributed by atoms with van der Waals surface area (Å²) in [4.78, 5) is 38.3. The summed E-state index contributed by atoms with van der Waals surface area (Å²) in [6.07, 6.45) is 4.59. The van der Waals surface area contributed by atoms with E-state index in [1.807, 2.05) is 37.5 Å². The maximum atomic E-state index is 12.5. The Bertz CT molecular complexity index is 687. The Kier molecular flexibility index (Phi) is 6.12. The van der Waals surface area contributed by atoms with Crippen molar-refractivity contribution in [2.45, 2.75) is 65.7 Å². The molecule has 3 heterocycles. The SMILES string of the molecule is Cc1nc([C@@H]2CCCN(C(=O)C(C)C)C2)nc(C)c1CC(=O)N1CCCC1. The molecule has 1 aromatic rings. The van der Waals surface area contributed by atoms with E-state index in [-0.39, 0.29) is 23.7 Å². The summed E-state index contributed by atoms with van der Waals surface area (Å²) in [5.74, 6) is 1.42. The normalized spacial score (nSPS) is 20.4.